The summed E-state index contributed by atoms with van der Waals surface area (Å²) >= 11 is 0. The lowest BCUT2D eigenvalue weighted by Gasteiger charge is -2.05. The van der Waals surface area contributed by atoms with Gasteiger partial charge in [0, 0.05) is 24.5 Å². The summed E-state index contributed by atoms with van der Waals surface area (Å²) in [7, 11) is 1.76. The number of anilines is 1. The van der Waals surface area contributed by atoms with Crippen molar-refractivity contribution in [2.75, 3.05) is 12.4 Å². The molecule has 0 aliphatic heterocycles. The van der Waals surface area contributed by atoms with Crippen LogP contribution in [0, 0.1) is 6.92 Å². The number of hydrogen-bond acceptors (Lipinski definition) is 2. The van der Waals surface area contributed by atoms with E-state index in [-0.39, 0.29) is 0 Å². The first-order valence-electron chi connectivity index (χ1n) is 4.18. The highest BCUT2D eigenvalue weighted by Crippen LogP contribution is 2.15. The van der Waals surface area contributed by atoms with E-state index in [9.17, 15) is 0 Å². The van der Waals surface area contributed by atoms with Gasteiger partial charge in [0.25, 0.3) is 0 Å². The standard InChI is InChI=1S/C11H14N2/c1-4-13-11-7-9(2)5-6-10(11)8-12-3/h4-8,13H,1H2,2-3H3. The zero-order valence-corrected chi connectivity index (χ0v) is 8.04. The Morgan fingerprint density at radius 3 is 2.85 bits per heavy atom. The molecule has 0 aliphatic carbocycles. The molecule has 1 aromatic carbocycles. The summed E-state index contributed by atoms with van der Waals surface area (Å²) in [6, 6.07) is 6.16. The largest absolute Gasteiger partial charge is 0.362 e. The summed E-state index contributed by atoms with van der Waals surface area (Å²) in [5, 5.41) is 3.07. The van der Waals surface area contributed by atoms with Gasteiger partial charge in [-0.2, -0.15) is 0 Å². The number of nitrogens with zero attached hydrogens (tertiary/aromatic N) is 1. The van der Waals surface area contributed by atoms with Gasteiger partial charge in [-0.1, -0.05) is 18.7 Å². The fourth-order valence-corrected chi connectivity index (χ4v) is 1.16. The minimum absolute atomic E-state index is 1.04. The maximum Gasteiger partial charge on any atom is 0.0471 e. The van der Waals surface area contributed by atoms with Crippen molar-refractivity contribution in [3.05, 3.63) is 42.1 Å². The molecule has 1 N–H and O–H groups in total. The molecule has 0 saturated carbocycles. The van der Waals surface area contributed by atoms with Crippen molar-refractivity contribution in [2.24, 2.45) is 4.99 Å². The highest BCUT2D eigenvalue weighted by molar-refractivity contribution is 5.88. The van der Waals surface area contributed by atoms with Crippen molar-refractivity contribution in [3.63, 3.8) is 0 Å². The van der Waals surface area contributed by atoms with E-state index in [4.69, 9.17) is 0 Å². The molecule has 0 saturated heterocycles. The van der Waals surface area contributed by atoms with Crippen molar-refractivity contribution in [3.8, 4) is 0 Å². The molecule has 0 aromatic heterocycles. The van der Waals surface area contributed by atoms with Crippen molar-refractivity contribution in [2.45, 2.75) is 6.92 Å². The molecule has 2 heteroatoms. The second kappa shape index (κ2) is 4.45. The Morgan fingerprint density at radius 1 is 1.46 bits per heavy atom. The maximum absolute atomic E-state index is 3.98. The van der Waals surface area contributed by atoms with E-state index in [1.54, 1.807) is 13.2 Å². The third-order valence-electron chi connectivity index (χ3n) is 1.73. The number of nitrogens with one attached hydrogen (secondary N) is 1. The second-order valence-corrected chi connectivity index (χ2v) is 2.83. The monoisotopic (exact) mass is 174 g/mol. The number of rotatable bonds is 3. The molecule has 0 bridgehead atoms. The Bertz CT molecular complexity index is 327. The number of aliphatic imine (C=N–C) groups is 1. The molecule has 0 aliphatic rings. The van der Waals surface area contributed by atoms with E-state index in [1.165, 1.54) is 5.56 Å². The van der Waals surface area contributed by atoms with E-state index in [1.807, 2.05) is 12.3 Å². The minimum Gasteiger partial charge on any atom is -0.362 e. The van der Waals surface area contributed by atoms with Gasteiger partial charge in [-0.05, 0) is 24.8 Å². The normalized spacial score (nSPS) is 10.3. The average molecular weight is 174 g/mol. The van der Waals surface area contributed by atoms with Crippen LogP contribution in [0.5, 0.6) is 0 Å². The summed E-state index contributed by atoms with van der Waals surface area (Å²) in [6.45, 7) is 5.69. The van der Waals surface area contributed by atoms with Crippen LogP contribution >= 0.6 is 0 Å². The Morgan fingerprint density at radius 2 is 2.23 bits per heavy atom. The lowest BCUT2D eigenvalue weighted by molar-refractivity contribution is 1.42. The van der Waals surface area contributed by atoms with E-state index in [0.717, 1.165) is 11.3 Å². The molecule has 13 heavy (non-hydrogen) atoms. The average Bonchev–Trinajstić information content (AvgIpc) is 2.10. The van der Waals surface area contributed by atoms with Crippen LogP contribution in [0.2, 0.25) is 0 Å². The first-order chi connectivity index (χ1) is 6.27. The smallest absolute Gasteiger partial charge is 0.0471 e. The van der Waals surface area contributed by atoms with Crippen molar-refractivity contribution >= 4 is 11.9 Å². The minimum atomic E-state index is 1.04. The lowest BCUT2D eigenvalue weighted by Crippen LogP contribution is -1.93. The van der Waals surface area contributed by atoms with Crippen LogP contribution in [0.15, 0.2) is 36.0 Å². The zero-order chi connectivity index (χ0) is 9.68. The quantitative estimate of drug-likeness (QED) is 0.700. The second-order valence-electron chi connectivity index (χ2n) is 2.83. The molecular weight excluding hydrogens is 160 g/mol. The maximum atomic E-state index is 3.98. The zero-order valence-electron chi connectivity index (χ0n) is 8.04. The first kappa shape index (κ1) is 9.52. The van der Waals surface area contributed by atoms with Crippen molar-refractivity contribution in [1.29, 1.82) is 0 Å². The molecule has 0 unspecified atom stereocenters. The third-order valence-corrected chi connectivity index (χ3v) is 1.73. The summed E-state index contributed by atoms with van der Waals surface area (Å²) in [5.41, 5.74) is 3.34. The molecule has 0 spiro atoms. The van der Waals surface area contributed by atoms with Crippen molar-refractivity contribution < 1.29 is 0 Å². The van der Waals surface area contributed by atoms with Crippen molar-refractivity contribution in [1.82, 2.24) is 0 Å². The molecule has 68 valence electrons. The van der Waals surface area contributed by atoms with E-state index in [2.05, 4.69) is 35.9 Å². The van der Waals surface area contributed by atoms with Gasteiger partial charge in [-0.3, -0.25) is 4.99 Å². The van der Waals surface area contributed by atoms with Crippen LogP contribution in [0.4, 0.5) is 5.69 Å². The molecule has 1 rings (SSSR count). The summed E-state index contributed by atoms with van der Waals surface area (Å²) < 4.78 is 0. The Hall–Kier alpha value is -1.57. The summed E-state index contributed by atoms with van der Waals surface area (Å²) in [6.07, 6.45) is 3.49. The number of benzene rings is 1. The molecule has 0 heterocycles. The fraction of sp³-hybridized carbons (Fsp3) is 0.182. The lowest BCUT2D eigenvalue weighted by atomic mass is 10.1. The predicted octanol–water partition coefficient (Wildman–Crippen LogP) is 2.60. The van der Waals surface area contributed by atoms with Crippen LogP contribution < -0.4 is 5.32 Å². The van der Waals surface area contributed by atoms with Gasteiger partial charge in [-0.25, -0.2) is 0 Å². The van der Waals surface area contributed by atoms with Gasteiger partial charge in [0.1, 0.15) is 0 Å². The Kier molecular flexibility index (Phi) is 3.26. The topological polar surface area (TPSA) is 24.4 Å². The van der Waals surface area contributed by atoms with Gasteiger partial charge >= 0.3 is 0 Å². The SMILES string of the molecule is C=CNc1cc(C)ccc1C=NC. The van der Waals surface area contributed by atoms with Gasteiger partial charge in [0.15, 0.2) is 0 Å². The predicted molar refractivity (Wildman–Crippen MR) is 58.5 cm³/mol. The van der Waals surface area contributed by atoms with Gasteiger partial charge < -0.3 is 5.32 Å². The molecule has 1 aromatic rings. The van der Waals surface area contributed by atoms with Crippen LogP contribution in [-0.2, 0) is 0 Å². The van der Waals surface area contributed by atoms with Crippen LogP contribution in [-0.4, -0.2) is 13.3 Å². The van der Waals surface area contributed by atoms with Crippen LogP contribution in [0.1, 0.15) is 11.1 Å². The van der Waals surface area contributed by atoms with E-state index < -0.39 is 0 Å². The molecule has 2 nitrogen and oxygen atoms in total. The van der Waals surface area contributed by atoms with Gasteiger partial charge in [-0.15, -0.1) is 0 Å². The summed E-state index contributed by atoms with van der Waals surface area (Å²) in [5.74, 6) is 0. The Balaban J connectivity index is 3.09. The molecule has 0 fully saturated rings. The van der Waals surface area contributed by atoms with Crippen LogP contribution in [0.3, 0.4) is 0 Å². The van der Waals surface area contributed by atoms with Gasteiger partial charge in [0.05, 0.1) is 0 Å². The third kappa shape index (κ3) is 2.44. The van der Waals surface area contributed by atoms with E-state index >= 15 is 0 Å². The Labute approximate surface area is 79.0 Å². The number of hydrogen-bond donors (Lipinski definition) is 1. The fourth-order valence-electron chi connectivity index (χ4n) is 1.16. The summed E-state index contributed by atoms with van der Waals surface area (Å²) in [4.78, 5) is 3.98. The first-order valence-corrected chi connectivity index (χ1v) is 4.18. The van der Waals surface area contributed by atoms with Crippen LogP contribution in [0.25, 0.3) is 0 Å². The molecule has 0 atom stereocenters. The van der Waals surface area contributed by atoms with Gasteiger partial charge in [0.2, 0.25) is 0 Å². The van der Waals surface area contributed by atoms with E-state index in [0.29, 0.717) is 0 Å². The molecule has 0 radical (unpaired) electrons. The molecular formula is C11H14N2. The molecule has 0 amide bonds. The number of aryl methyl sites for hydroxylation is 1. The highest BCUT2D eigenvalue weighted by Gasteiger charge is 1.97. The highest BCUT2D eigenvalue weighted by atomic mass is 14.8.